The fourth-order valence-corrected chi connectivity index (χ4v) is 3.06. The molecule has 0 spiro atoms. The van der Waals surface area contributed by atoms with Gasteiger partial charge in [0.1, 0.15) is 5.52 Å². The Kier molecular flexibility index (Phi) is 3.32. The molecule has 1 aliphatic heterocycles. The van der Waals surface area contributed by atoms with Crippen molar-refractivity contribution < 1.29 is 9.15 Å². The molecule has 0 unspecified atom stereocenters. The largest absolute Gasteiger partial charge is 0.431 e. The van der Waals surface area contributed by atoms with E-state index >= 15 is 0 Å². The first-order valence-electron chi connectivity index (χ1n) is 6.80. The molecule has 3 heterocycles. The number of hydrogen-bond acceptors (Lipinski definition) is 7. The van der Waals surface area contributed by atoms with Crippen molar-refractivity contribution in [3.8, 4) is 0 Å². The van der Waals surface area contributed by atoms with Gasteiger partial charge in [0, 0.05) is 18.4 Å². The van der Waals surface area contributed by atoms with Crippen molar-refractivity contribution in [2.45, 2.75) is 35.9 Å². The van der Waals surface area contributed by atoms with E-state index < -0.39 is 0 Å². The molecule has 1 atom stereocenters. The van der Waals surface area contributed by atoms with E-state index in [2.05, 4.69) is 20.5 Å². The summed E-state index contributed by atoms with van der Waals surface area (Å²) in [5, 5.41) is 13.0. The number of tetrazole rings is 1. The summed E-state index contributed by atoms with van der Waals surface area (Å²) in [6, 6.07) is 7.66. The van der Waals surface area contributed by atoms with Crippen LogP contribution in [0.1, 0.15) is 12.8 Å². The van der Waals surface area contributed by atoms with Crippen molar-refractivity contribution in [2.24, 2.45) is 0 Å². The van der Waals surface area contributed by atoms with Crippen LogP contribution in [0.2, 0.25) is 0 Å². The lowest BCUT2D eigenvalue weighted by Gasteiger charge is -2.08. The third-order valence-corrected chi connectivity index (χ3v) is 4.18. The third kappa shape index (κ3) is 2.64. The van der Waals surface area contributed by atoms with E-state index in [1.54, 1.807) is 4.68 Å². The van der Waals surface area contributed by atoms with Gasteiger partial charge in [0.25, 0.3) is 5.22 Å². The summed E-state index contributed by atoms with van der Waals surface area (Å²) in [4.78, 5) is 4.42. The first-order chi connectivity index (χ1) is 10.4. The van der Waals surface area contributed by atoms with Crippen LogP contribution >= 0.6 is 11.8 Å². The van der Waals surface area contributed by atoms with Crippen LogP contribution < -0.4 is 0 Å². The Morgan fingerprint density at radius 1 is 1.33 bits per heavy atom. The molecule has 4 rings (SSSR count). The van der Waals surface area contributed by atoms with Crippen molar-refractivity contribution >= 4 is 22.9 Å². The molecular weight excluding hydrogens is 290 g/mol. The van der Waals surface area contributed by atoms with Crippen LogP contribution in [0, 0.1) is 0 Å². The van der Waals surface area contributed by atoms with Gasteiger partial charge < -0.3 is 9.15 Å². The smallest absolute Gasteiger partial charge is 0.264 e. The second-order valence-electron chi connectivity index (χ2n) is 4.83. The van der Waals surface area contributed by atoms with Crippen LogP contribution in [-0.2, 0) is 11.3 Å². The lowest BCUT2D eigenvalue weighted by Crippen LogP contribution is -2.16. The standard InChI is InChI=1S/C13H13N5O2S/c1-2-6-11-10(5-1)14-13(20-11)21-12-15-16-17-18(12)8-9-4-3-7-19-9/h1-2,5-6,9H,3-4,7-8H2/t9-/m1/s1. The van der Waals surface area contributed by atoms with Gasteiger partial charge >= 0.3 is 0 Å². The van der Waals surface area contributed by atoms with Gasteiger partial charge in [-0.15, -0.1) is 5.10 Å². The van der Waals surface area contributed by atoms with Gasteiger partial charge in [-0.2, -0.15) is 0 Å². The summed E-state index contributed by atoms with van der Waals surface area (Å²) in [6.45, 7) is 1.48. The molecule has 1 fully saturated rings. The number of hydrogen-bond donors (Lipinski definition) is 0. The van der Waals surface area contributed by atoms with Gasteiger partial charge in [-0.3, -0.25) is 0 Å². The highest BCUT2D eigenvalue weighted by Gasteiger charge is 2.20. The number of nitrogens with zero attached hydrogens (tertiary/aromatic N) is 5. The summed E-state index contributed by atoms with van der Waals surface area (Å²) < 4.78 is 13.0. The summed E-state index contributed by atoms with van der Waals surface area (Å²) in [6.07, 6.45) is 2.34. The van der Waals surface area contributed by atoms with Gasteiger partial charge in [-0.1, -0.05) is 12.1 Å². The number of rotatable bonds is 4. The predicted molar refractivity (Wildman–Crippen MR) is 74.9 cm³/mol. The molecule has 1 aromatic carbocycles. The molecule has 8 heteroatoms. The highest BCUT2D eigenvalue weighted by molar-refractivity contribution is 7.99. The van der Waals surface area contributed by atoms with Crippen LogP contribution in [0.3, 0.4) is 0 Å². The van der Waals surface area contributed by atoms with E-state index in [1.807, 2.05) is 24.3 Å². The van der Waals surface area contributed by atoms with E-state index in [0.717, 1.165) is 30.5 Å². The Balaban J connectivity index is 1.55. The molecule has 7 nitrogen and oxygen atoms in total. The molecule has 0 bridgehead atoms. The zero-order valence-corrected chi connectivity index (χ0v) is 12.0. The first-order valence-corrected chi connectivity index (χ1v) is 7.61. The Bertz CT molecular complexity index is 717. The van der Waals surface area contributed by atoms with Gasteiger partial charge in [-0.05, 0) is 35.4 Å². The number of ether oxygens (including phenoxy) is 1. The zero-order valence-electron chi connectivity index (χ0n) is 11.2. The van der Waals surface area contributed by atoms with Crippen LogP contribution in [0.5, 0.6) is 0 Å². The maximum atomic E-state index is 5.68. The molecule has 0 aliphatic carbocycles. The second-order valence-corrected chi connectivity index (χ2v) is 5.75. The van der Waals surface area contributed by atoms with Crippen LogP contribution in [0.4, 0.5) is 0 Å². The molecule has 0 N–H and O–H groups in total. The molecule has 21 heavy (non-hydrogen) atoms. The molecule has 108 valence electrons. The molecule has 0 saturated carbocycles. The summed E-state index contributed by atoms with van der Waals surface area (Å²) >= 11 is 1.32. The van der Waals surface area contributed by atoms with Crippen molar-refractivity contribution in [3.05, 3.63) is 24.3 Å². The normalized spacial score (nSPS) is 18.6. The van der Waals surface area contributed by atoms with Crippen molar-refractivity contribution in [3.63, 3.8) is 0 Å². The predicted octanol–water partition coefficient (Wildman–Crippen LogP) is 2.14. The number of benzene rings is 1. The van der Waals surface area contributed by atoms with E-state index in [4.69, 9.17) is 9.15 Å². The van der Waals surface area contributed by atoms with Crippen LogP contribution in [-0.4, -0.2) is 37.9 Å². The van der Waals surface area contributed by atoms with Crippen molar-refractivity contribution in [1.29, 1.82) is 0 Å². The topological polar surface area (TPSA) is 78.9 Å². The number of fused-ring (bicyclic) bond motifs is 1. The SMILES string of the molecule is c1ccc2oc(Sc3nnnn3C[C@H]3CCCO3)nc2c1. The summed E-state index contributed by atoms with van der Waals surface area (Å²) in [5.74, 6) is 0. The maximum Gasteiger partial charge on any atom is 0.264 e. The quantitative estimate of drug-likeness (QED) is 0.730. The lowest BCUT2D eigenvalue weighted by molar-refractivity contribution is 0.0911. The van der Waals surface area contributed by atoms with Gasteiger partial charge in [0.05, 0.1) is 12.6 Å². The minimum Gasteiger partial charge on any atom is -0.431 e. The van der Waals surface area contributed by atoms with Crippen LogP contribution in [0.25, 0.3) is 11.1 Å². The van der Waals surface area contributed by atoms with E-state index in [9.17, 15) is 0 Å². The van der Waals surface area contributed by atoms with Gasteiger partial charge in [0.15, 0.2) is 5.58 Å². The molecule has 0 radical (unpaired) electrons. The summed E-state index contributed by atoms with van der Waals surface area (Å²) in [7, 11) is 0. The zero-order chi connectivity index (χ0) is 14.1. The van der Waals surface area contributed by atoms with Crippen molar-refractivity contribution in [1.82, 2.24) is 25.2 Å². The molecule has 1 aliphatic rings. The van der Waals surface area contributed by atoms with E-state index in [1.165, 1.54) is 11.8 Å². The van der Waals surface area contributed by atoms with Crippen LogP contribution in [0.15, 0.2) is 39.1 Å². The van der Waals surface area contributed by atoms with Gasteiger partial charge in [-0.25, -0.2) is 9.67 Å². The Morgan fingerprint density at radius 2 is 2.29 bits per heavy atom. The second kappa shape index (κ2) is 5.45. The molecule has 3 aromatic rings. The average Bonchev–Trinajstić information content (AvgIpc) is 3.21. The number of aromatic nitrogens is 5. The third-order valence-electron chi connectivity index (χ3n) is 3.35. The number of para-hydroxylation sites is 2. The minimum absolute atomic E-state index is 0.191. The number of oxazole rings is 1. The Labute approximate surface area is 124 Å². The van der Waals surface area contributed by atoms with E-state index in [-0.39, 0.29) is 6.10 Å². The van der Waals surface area contributed by atoms with Gasteiger partial charge in [0.2, 0.25) is 5.16 Å². The first kappa shape index (κ1) is 12.8. The minimum atomic E-state index is 0.191. The maximum absolute atomic E-state index is 5.68. The fraction of sp³-hybridized carbons (Fsp3) is 0.385. The molecule has 2 aromatic heterocycles. The Morgan fingerprint density at radius 3 is 3.14 bits per heavy atom. The molecular formula is C13H13N5O2S. The van der Waals surface area contributed by atoms with E-state index in [0.29, 0.717) is 16.9 Å². The highest BCUT2D eigenvalue weighted by Crippen LogP contribution is 2.28. The monoisotopic (exact) mass is 303 g/mol. The lowest BCUT2D eigenvalue weighted by atomic mass is 10.2. The highest BCUT2D eigenvalue weighted by atomic mass is 32.2. The summed E-state index contributed by atoms with van der Waals surface area (Å²) in [5.41, 5.74) is 1.59. The van der Waals surface area contributed by atoms with Crippen molar-refractivity contribution in [2.75, 3.05) is 6.61 Å². The molecule has 1 saturated heterocycles. The average molecular weight is 303 g/mol. The molecule has 0 amide bonds. The Hall–Kier alpha value is -1.93. The fourth-order valence-electron chi connectivity index (χ4n) is 2.34.